The highest BCUT2D eigenvalue weighted by molar-refractivity contribution is 9.09. The third-order valence-electron chi connectivity index (χ3n) is 3.29. The number of hydrogen-bond acceptors (Lipinski definition) is 1. The van der Waals surface area contributed by atoms with Gasteiger partial charge in [-0.15, -0.1) is 0 Å². The molecule has 102 valence electrons. The Morgan fingerprint density at radius 2 is 1.95 bits per heavy atom. The van der Waals surface area contributed by atoms with Crippen molar-refractivity contribution in [1.29, 1.82) is 0 Å². The van der Waals surface area contributed by atoms with Gasteiger partial charge in [0.05, 0.1) is 5.52 Å². The predicted octanol–water partition coefficient (Wildman–Crippen LogP) is 5.51. The van der Waals surface area contributed by atoms with Gasteiger partial charge in [0.25, 0.3) is 0 Å². The molecule has 0 radical (unpaired) electrons. The molecule has 19 heavy (non-hydrogen) atoms. The van der Waals surface area contributed by atoms with Crippen molar-refractivity contribution in [1.82, 2.24) is 4.98 Å². The van der Waals surface area contributed by atoms with Crippen molar-refractivity contribution >= 4 is 38.4 Å². The fourth-order valence-electron chi connectivity index (χ4n) is 2.10. The Morgan fingerprint density at radius 3 is 2.58 bits per heavy atom. The van der Waals surface area contributed by atoms with Crippen molar-refractivity contribution in [3.63, 3.8) is 0 Å². The Bertz CT molecular complexity index is 587. The van der Waals surface area contributed by atoms with Gasteiger partial charge in [0.15, 0.2) is 0 Å². The maximum Gasteiger partial charge on any atom is 0.132 e. The lowest BCUT2D eigenvalue weighted by molar-refractivity contribution is 0.591. The minimum absolute atomic E-state index is 0.157. The summed E-state index contributed by atoms with van der Waals surface area (Å²) in [6, 6.07) is 8.62. The zero-order valence-electron chi connectivity index (χ0n) is 11.6. The van der Waals surface area contributed by atoms with E-state index in [0.29, 0.717) is 5.15 Å². The van der Waals surface area contributed by atoms with Crippen LogP contribution in [0.2, 0.25) is 5.15 Å². The smallest absolute Gasteiger partial charge is 0.132 e. The van der Waals surface area contributed by atoms with Crippen LogP contribution in [0, 0.1) is 0 Å². The summed E-state index contributed by atoms with van der Waals surface area (Å²) >= 11 is 9.70. The number of nitrogens with zero attached hydrogens (tertiary/aromatic N) is 1. The molecule has 0 N–H and O–H groups in total. The number of benzene rings is 1. The zero-order chi connectivity index (χ0) is 14.0. The Hall–Kier alpha value is -0.600. The van der Waals surface area contributed by atoms with E-state index in [4.69, 9.17) is 11.6 Å². The molecule has 1 aromatic carbocycles. The molecule has 0 aliphatic heterocycles. The lowest BCUT2D eigenvalue weighted by Gasteiger charge is -2.19. The first-order valence-corrected chi connectivity index (χ1v) is 8.07. The Labute approximate surface area is 128 Å². The van der Waals surface area contributed by atoms with Crippen LogP contribution in [0.25, 0.3) is 10.9 Å². The van der Waals surface area contributed by atoms with Gasteiger partial charge < -0.3 is 0 Å². The minimum Gasteiger partial charge on any atom is -0.236 e. The maximum absolute atomic E-state index is 6.24. The summed E-state index contributed by atoms with van der Waals surface area (Å²) < 4.78 is 0. The zero-order valence-corrected chi connectivity index (χ0v) is 14.0. The van der Waals surface area contributed by atoms with Crippen LogP contribution < -0.4 is 0 Å². The molecule has 0 bridgehead atoms. The summed E-state index contributed by atoms with van der Waals surface area (Å²) in [5.74, 6) is 0. The highest BCUT2D eigenvalue weighted by atomic mass is 79.9. The average molecular weight is 341 g/mol. The summed E-state index contributed by atoms with van der Waals surface area (Å²) in [6.07, 6.45) is 2.04. The fraction of sp³-hybridized carbons (Fsp3) is 0.438. The highest BCUT2D eigenvalue weighted by Gasteiger charge is 2.14. The number of halogens is 2. The van der Waals surface area contributed by atoms with Crippen LogP contribution in [0.3, 0.4) is 0 Å². The monoisotopic (exact) mass is 339 g/mol. The van der Waals surface area contributed by atoms with Gasteiger partial charge in [-0.05, 0) is 47.6 Å². The predicted molar refractivity (Wildman–Crippen MR) is 87.6 cm³/mol. The molecule has 0 saturated heterocycles. The summed E-state index contributed by atoms with van der Waals surface area (Å²) in [4.78, 5) is 4.50. The molecule has 0 amide bonds. The van der Waals surface area contributed by atoms with E-state index in [0.717, 1.165) is 29.3 Å². The van der Waals surface area contributed by atoms with E-state index in [2.05, 4.69) is 66.0 Å². The number of fused-ring (bicyclic) bond motifs is 1. The first kappa shape index (κ1) is 14.8. The van der Waals surface area contributed by atoms with E-state index >= 15 is 0 Å². The van der Waals surface area contributed by atoms with Gasteiger partial charge in [0.1, 0.15) is 5.15 Å². The van der Waals surface area contributed by atoms with E-state index in [1.807, 2.05) is 0 Å². The maximum atomic E-state index is 6.24. The minimum atomic E-state index is 0.157. The first-order valence-electron chi connectivity index (χ1n) is 6.57. The lowest BCUT2D eigenvalue weighted by atomic mass is 9.86. The highest BCUT2D eigenvalue weighted by Crippen LogP contribution is 2.28. The molecule has 1 heterocycles. The second kappa shape index (κ2) is 5.80. The fourth-order valence-corrected chi connectivity index (χ4v) is 2.62. The molecule has 0 spiro atoms. The summed E-state index contributed by atoms with van der Waals surface area (Å²) in [5.41, 5.74) is 3.60. The normalized spacial score (nSPS) is 12.1. The molecule has 2 rings (SSSR count). The Morgan fingerprint density at radius 1 is 1.21 bits per heavy atom. The van der Waals surface area contributed by atoms with Crippen LogP contribution in [-0.4, -0.2) is 10.3 Å². The average Bonchev–Trinajstić information content (AvgIpc) is 2.34. The van der Waals surface area contributed by atoms with Gasteiger partial charge in [0.2, 0.25) is 0 Å². The molecule has 0 saturated carbocycles. The number of alkyl halides is 1. The molecule has 0 aliphatic carbocycles. The van der Waals surface area contributed by atoms with Crippen molar-refractivity contribution in [2.75, 3.05) is 5.33 Å². The van der Waals surface area contributed by atoms with Crippen molar-refractivity contribution in [3.05, 3.63) is 40.5 Å². The summed E-state index contributed by atoms with van der Waals surface area (Å²) in [7, 11) is 0. The largest absolute Gasteiger partial charge is 0.236 e. The SMILES string of the molecule is CC(C)(C)c1ccc2nc(Cl)c(CCCBr)cc2c1. The van der Waals surface area contributed by atoms with Crippen LogP contribution in [0.1, 0.15) is 38.3 Å². The molecule has 2 aromatic rings. The third-order valence-corrected chi connectivity index (χ3v) is 4.17. The van der Waals surface area contributed by atoms with Gasteiger partial charge >= 0.3 is 0 Å². The molecule has 0 aliphatic rings. The number of aromatic nitrogens is 1. The molecule has 0 unspecified atom stereocenters. The lowest BCUT2D eigenvalue weighted by Crippen LogP contribution is -2.10. The second-order valence-corrected chi connectivity index (χ2v) is 7.04. The molecule has 1 nitrogen and oxygen atoms in total. The first-order chi connectivity index (χ1) is 8.91. The van der Waals surface area contributed by atoms with Gasteiger partial charge in [-0.2, -0.15) is 0 Å². The van der Waals surface area contributed by atoms with Crippen LogP contribution in [0.15, 0.2) is 24.3 Å². The summed E-state index contributed by atoms with van der Waals surface area (Å²) in [6.45, 7) is 6.68. The third kappa shape index (κ3) is 3.49. The van der Waals surface area contributed by atoms with Crippen LogP contribution in [-0.2, 0) is 11.8 Å². The summed E-state index contributed by atoms with van der Waals surface area (Å²) in [5, 5.41) is 2.81. The van der Waals surface area contributed by atoms with E-state index in [9.17, 15) is 0 Å². The Kier molecular flexibility index (Phi) is 4.52. The number of aryl methyl sites for hydroxylation is 1. The van der Waals surface area contributed by atoms with E-state index in [-0.39, 0.29) is 5.41 Å². The standard InChI is InChI=1S/C16H19BrClN/c1-16(2,3)13-6-7-14-12(10-13)9-11(5-4-8-17)15(18)19-14/h6-7,9-10H,4-5,8H2,1-3H3. The molecule has 0 fully saturated rings. The van der Waals surface area contributed by atoms with E-state index in [1.54, 1.807) is 0 Å². The molecular formula is C16H19BrClN. The number of pyridine rings is 1. The van der Waals surface area contributed by atoms with E-state index < -0.39 is 0 Å². The van der Waals surface area contributed by atoms with Crippen molar-refractivity contribution in [2.24, 2.45) is 0 Å². The Balaban J connectivity index is 2.49. The molecule has 1 aromatic heterocycles. The van der Waals surface area contributed by atoms with E-state index in [1.165, 1.54) is 10.9 Å². The second-order valence-electron chi connectivity index (χ2n) is 5.89. The topological polar surface area (TPSA) is 12.9 Å². The van der Waals surface area contributed by atoms with Gasteiger partial charge in [-0.1, -0.05) is 54.4 Å². The quantitative estimate of drug-likeness (QED) is 0.530. The van der Waals surface area contributed by atoms with Crippen molar-refractivity contribution < 1.29 is 0 Å². The van der Waals surface area contributed by atoms with Gasteiger partial charge in [-0.3, -0.25) is 0 Å². The van der Waals surface area contributed by atoms with Crippen molar-refractivity contribution in [2.45, 2.75) is 39.0 Å². The molecular weight excluding hydrogens is 322 g/mol. The van der Waals surface area contributed by atoms with Crippen LogP contribution >= 0.6 is 27.5 Å². The number of rotatable bonds is 3. The van der Waals surface area contributed by atoms with Gasteiger partial charge in [-0.25, -0.2) is 4.98 Å². The van der Waals surface area contributed by atoms with Gasteiger partial charge in [0, 0.05) is 10.7 Å². The molecule has 3 heteroatoms. The van der Waals surface area contributed by atoms with Crippen molar-refractivity contribution in [3.8, 4) is 0 Å². The van der Waals surface area contributed by atoms with Crippen LogP contribution in [0.5, 0.6) is 0 Å². The van der Waals surface area contributed by atoms with Crippen LogP contribution in [0.4, 0.5) is 0 Å². The number of hydrogen-bond donors (Lipinski definition) is 0. The molecule has 0 atom stereocenters.